The van der Waals surface area contributed by atoms with E-state index < -0.39 is 35.7 Å². The standard InChI is InChI=1S/C35H39N7O4.C2HF3O2/c36-33(37)39-22-10-17-30(31(43)40-23-25-18-20-26(21-19-25)24-41-34(38)45)42-32(44)35(27-11-4-1-5-12-27,28-13-6-2-7-14-28)46-29-15-8-3-9-16-29;3-2(4,5)1(6)7/h1-9,11-16,18-21,30H,10,17,22-24H2,(H,40,43)(H,42,44)(H4,36,37,39)(H3,38,41,45);(H,6,7)/t30-;/m1./s1. The Morgan fingerprint density at radius 1 is 0.717 bits per heavy atom. The van der Waals surface area contributed by atoms with Crippen LogP contribution >= 0.6 is 0 Å². The Hall–Kier alpha value is -6.58. The highest BCUT2D eigenvalue weighted by molar-refractivity contribution is 5.95. The second kappa shape index (κ2) is 19.7. The van der Waals surface area contributed by atoms with Gasteiger partial charge in [-0.1, -0.05) is 103 Å². The molecule has 1 atom stereocenters. The number of carbonyl (C=O) groups excluding carboxylic acids is 3. The van der Waals surface area contributed by atoms with Crippen molar-refractivity contribution in [1.29, 1.82) is 0 Å². The molecule has 4 rings (SSSR count). The zero-order chi connectivity index (χ0) is 38.9. The number of nitrogens with one attached hydrogen (secondary N) is 3. The molecule has 0 radical (unpaired) electrons. The molecule has 0 bridgehead atoms. The van der Waals surface area contributed by atoms with Crippen LogP contribution in [0.2, 0.25) is 0 Å². The molecule has 0 heterocycles. The van der Waals surface area contributed by atoms with Crippen LogP contribution in [-0.2, 0) is 33.1 Å². The summed E-state index contributed by atoms with van der Waals surface area (Å²) in [5.74, 6) is -3.22. The predicted molar refractivity (Wildman–Crippen MR) is 191 cm³/mol. The number of ether oxygens (including phenoxy) is 1. The number of nitrogens with two attached hydrogens (primary N) is 3. The zero-order valence-corrected chi connectivity index (χ0v) is 28.4. The van der Waals surface area contributed by atoms with E-state index in [9.17, 15) is 27.6 Å². The van der Waals surface area contributed by atoms with Crippen molar-refractivity contribution in [2.75, 3.05) is 6.54 Å². The summed E-state index contributed by atoms with van der Waals surface area (Å²) in [7, 11) is 0. The lowest BCUT2D eigenvalue weighted by Gasteiger charge is -2.35. The van der Waals surface area contributed by atoms with Crippen LogP contribution in [0, 0.1) is 0 Å². The number of para-hydroxylation sites is 1. The zero-order valence-electron chi connectivity index (χ0n) is 28.4. The molecular formula is C37H40F3N7O6. The first kappa shape index (κ1) is 40.8. The van der Waals surface area contributed by atoms with Crippen molar-refractivity contribution < 1.29 is 42.2 Å². The van der Waals surface area contributed by atoms with Gasteiger partial charge in [0.1, 0.15) is 11.8 Å². The number of amides is 4. The number of benzene rings is 4. The van der Waals surface area contributed by atoms with Gasteiger partial charge in [-0.2, -0.15) is 13.2 Å². The molecule has 0 fully saturated rings. The minimum atomic E-state index is -5.08. The van der Waals surface area contributed by atoms with Crippen molar-refractivity contribution in [3.8, 4) is 5.75 Å². The number of nitrogens with zero attached hydrogens (tertiary/aromatic N) is 1. The van der Waals surface area contributed by atoms with E-state index >= 15 is 0 Å². The molecule has 16 heteroatoms. The largest absolute Gasteiger partial charge is 0.490 e. The summed E-state index contributed by atoms with van der Waals surface area (Å²) < 4.78 is 38.4. The number of urea groups is 1. The average Bonchev–Trinajstić information content (AvgIpc) is 3.14. The highest BCUT2D eigenvalue weighted by atomic mass is 19.4. The number of halogens is 3. The maximum atomic E-state index is 14.6. The number of guanidine groups is 1. The SMILES string of the molecule is NC(=O)NCc1ccc(CNC(=O)[C@@H](CCCN=C(N)N)NC(=O)C(Oc2ccccc2)(c2ccccc2)c2ccccc2)cc1.O=C(O)C(F)(F)F. The Labute approximate surface area is 303 Å². The number of alkyl halides is 3. The van der Waals surface area contributed by atoms with Gasteiger partial charge in [0.15, 0.2) is 5.96 Å². The number of hydrogen-bond acceptors (Lipinski definition) is 6. The van der Waals surface area contributed by atoms with Gasteiger partial charge in [-0.05, 0) is 36.1 Å². The lowest BCUT2D eigenvalue weighted by atomic mass is 9.84. The fraction of sp³-hybridized carbons (Fsp3) is 0.216. The van der Waals surface area contributed by atoms with Gasteiger partial charge in [-0.25, -0.2) is 9.59 Å². The minimum Gasteiger partial charge on any atom is -0.475 e. The van der Waals surface area contributed by atoms with Crippen LogP contribution in [0.15, 0.2) is 120 Å². The number of aliphatic imine (C=N–C) groups is 1. The summed E-state index contributed by atoms with van der Waals surface area (Å²) in [6.07, 6.45) is -4.39. The van der Waals surface area contributed by atoms with Crippen LogP contribution in [0.5, 0.6) is 5.75 Å². The summed E-state index contributed by atoms with van der Waals surface area (Å²) in [4.78, 5) is 52.2. The van der Waals surface area contributed by atoms with Gasteiger partial charge in [-0.3, -0.25) is 14.6 Å². The van der Waals surface area contributed by atoms with Crippen molar-refractivity contribution in [3.63, 3.8) is 0 Å². The number of hydrogen-bond donors (Lipinski definition) is 7. The molecule has 0 aliphatic rings. The highest BCUT2D eigenvalue weighted by Gasteiger charge is 2.46. The normalized spacial score (nSPS) is 11.5. The van der Waals surface area contributed by atoms with E-state index in [1.165, 1.54) is 0 Å². The first-order valence-electron chi connectivity index (χ1n) is 16.1. The van der Waals surface area contributed by atoms with Gasteiger partial charge in [0, 0.05) is 30.8 Å². The summed E-state index contributed by atoms with van der Waals surface area (Å²) in [6, 6.07) is 33.3. The van der Waals surface area contributed by atoms with E-state index in [4.69, 9.17) is 31.8 Å². The number of aliphatic carboxylic acids is 1. The summed E-state index contributed by atoms with van der Waals surface area (Å²) >= 11 is 0. The minimum absolute atomic E-state index is 0.0528. The first-order chi connectivity index (χ1) is 25.2. The summed E-state index contributed by atoms with van der Waals surface area (Å²) in [5.41, 5.74) is 17.4. The quantitative estimate of drug-likeness (QED) is 0.0541. The van der Waals surface area contributed by atoms with E-state index in [2.05, 4.69) is 20.9 Å². The molecular weight excluding hydrogens is 695 g/mol. The van der Waals surface area contributed by atoms with E-state index in [1.54, 1.807) is 12.1 Å². The second-order valence-electron chi connectivity index (χ2n) is 11.4. The summed E-state index contributed by atoms with van der Waals surface area (Å²) in [5, 5.41) is 15.6. The molecule has 53 heavy (non-hydrogen) atoms. The molecule has 10 N–H and O–H groups in total. The number of carboxylic acid groups (broad SMARTS) is 1. The predicted octanol–water partition coefficient (Wildman–Crippen LogP) is 3.67. The van der Waals surface area contributed by atoms with Crippen LogP contribution in [-0.4, -0.2) is 53.6 Å². The fourth-order valence-corrected chi connectivity index (χ4v) is 4.91. The molecule has 0 spiro atoms. The van der Waals surface area contributed by atoms with Crippen molar-refractivity contribution >= 4 is 29.8 Å². The van der Waals surface area contributed by atoms with E-state index in [1.807, 2.05) is 103 Å². The van der Waals surface area contributed by atoms with Crippen LogP contribution in [0.1, 0.15) is 35.1 Å². The van der Waals surface area contributed by atoms with Gasteiger partial charge in [0.2, 0.25) is 11.5 Å². The second-order valence-corrected chi connectivity index (χ2v) is 11.4. The van der Waals surface area contributed by atoms with Crippen molar-refractivity contribution in [3.05, 3.63) is 138 Å². The molecule has 0 aliphatic heterocycles. The van der Waals surface area contributed by atoms with E-state index in [0.29, 0.717) is 29.8 Å². The monoisotopic (exact) mass is 735 g/mol. The van der Waals surface area contributed by atoms with Crippen molar-refractivity contribution in [2.24, 2.45) is 22.2 Å². The van der Waals surface area contributed by atoms with Crippen LogP contribution in [0.25, 0.3) is 0 Å². The Morgan fingerprint density at radius 3 is 1.60 bits per heavy atom. The van der Waals surface area contributed by atoms with Crippen LogP contribution in [0.3, 0.4) is 0 Å². The molecule has 0 saturated carbocycles. The maximum absolute atomic E-state index is 14.6. The molecule has 0 saturated heterocycles. The van der Waals surface area contributed by atoms with E-state index in [-0.39, 0.29) is 31.4 Å². The van der Waals surface area contributed by atoms with Gasteiger partial charge in [0.25, 0.3) is 5.91 Å². The van der Waals surface area contributed by atoms with Crippen molar-refractivity contribution in [2.45, 2.75) is 43.8 Å². The molecule has 0 unspecified atom stereocenters. The Morgan fingerprint density at radius 2 is 1.17 bits per heavy atom. The van der Waals surface area contributed by atoms with Crippen molar-refractivity contribution in [1.82, 2.24) is 16.0 Å². The van der Waals surface area contributed by atoms with Gasteiger partial charge >= 0.3 is 18.2 Å². The molecule has 0 aromatic heterocycles. The van der Waals surface area contributed by atoms with Crippen LogP contribution < -0.4 is 37.9 Å². The maximum Gasteiger partial charge on any atom is 0.490 e. The van der Waals surface area contributed by atoms with Gasteiger partial charge in [0.05, 0.1) is 0 Å². The Balaban J connectivity index is 0.000000980. The average molecular weight is 736 g/mol. The molecule has 280 valence electrons. The van der Waals surface area contributed by atoms with Gasteiger partial charge in [-0.15, -0.1) is 0 Å². The van der Waals surface area contributed by atoms with E-state index in [0.717, 1.165) is 11.1 Å². The third kappa shape index (κ3) is 12.9. The number of primary amides is 1. The third-order valence-electron chi connectivity index (χ3n) is 7.46. The Kier molecular flexibility index (Phi) is 15.2. The molecule has 4 aromatic carbocycles. The molecule has 0 aliphatic carbocycles. The smallest absolute Gasteiger partial charge is 0.475 e. The fourth-order valence-electron chi connectivity index (χ4n) is 4.91. The van der Waals surface area contributed by atoms with Gasteiger partial charge < -0.3 is 43.0 Å². The Bertz CT molecular complexity index is 1770. The lowest BCUT2D eigenvalue weighted by molar-refractivity contribution is -0.192. The molecule has 4 aromatic rings. The lowest BCUT2D eigenvalue weighted by Crippen LogP contribution is -2.56. The summed E-state index contributed by atoms with van der Waals surface area (Å²) in [6.45, 7) is 0.791. The number of carboxylic acids is 1. The highest BCUT2D eigenvalue weighted by Crippen LogP contribution is 2.36. The third-order valence-corrected chi connectivity index (χ3v) is 7.46. The van der Waals surface area contributed by atoms with Crippen LogP contribution in [0.4, 0.5) is 18.0 Å². The molecule has 4 amide bonds. The number of carbonyl (C=O) groups is 4. The topological polar surface area (TPSA) is 224 Å². The molecule has 13 nitrogen and oxygen atoms in total. The first-order valence-corrected chi connectivity index (χ1v) is 16.1. The number of rotatable bonds is 15.